The number of hydrogen-bond acceptors (Lipinski definition) is 4. The van der Waals surface area contributed by atoms with Gasteiger partial charge in [-0.05, 0) is 19.0 Å². The molecule has 1 aliphatic heterocycles. The van der Waals surface area contributed by atoms with Crippen molar-refractivity contribution < 1.29 is 9.94 Å². The van der Waals surface area contributed by atoms with Crippen LogP contribution in [0.2, 0.25) is 0 Å². The third kappa shape index (κ3) is 3.38. The Bertz CT molecular complexity index is 448. The van der Waals surface area contributed by atoms with Gasteiger partial charge in [-0.1, -0.05) is 30.3 Å². The van der Waals surface area contributed by atoms with Crippen LogP contribution in [0.5, 0.6) is 5.75 Å². The molecule has 0 amide bonds. The third-order valence-corrected chi connectivity index (χ3v) is 3.33. The van der Waals surface area contributed by atoms with E-state index in [9.17, 15) is 0 Å². The number of ether oxygens (including phenoxy) is 1. The van der Waals surface area contributed by atoms with Gasteiger partial charge in [0, 0.05) is 18.0 Å². The summed E-state index contributed by atoms with van der Waals surface area (Å²) in [6, 6.07) is 8.14. The van der Waals surface area contributed by atoms with Gasteiger partial charge in [0.2, 0.25) is 0 Å². The van der Waals surface area contributed by atoms with Crippen LogP contribution in [0, 0.1) is 0 Å². The van der Waals surface area contributed by atoms with Crippen molar-refractivity contribution in [1.82, 2.24) is 4.90 Å². The maximum absolute atomic E-state index is 8.68. The lowest BCUT2D eigenvalue weighted by molar-refractivity contribution is 0.250. The Balaban J connectivity index is 2.02. The molecule has 1 heterocycles. The molecule has 1 aliphatic rings. The van der Waals surface area contributed by atoms with Gasteiger partial charge in [-0.3, -0.25) is 4.90 Å². The minimum absolute atomic E-state index is 0.251. The molecule has 2 rings (SSSR count). The van der Waals surface area contributed by atoms with E-state index in [1.165, 1.54) is 5.56 Å². The first-order chi connectivity index (χ1) is 9.24. The van der Waals surface area contributed by atoms with E-state index < -0.39 is 0 Å². The van der Waals surface area contributed by atoms with E-state index in [4.69, 9.17) is 15.7 Å². The van der Waals surface area contributed by atoms with Crippen molar-refractivity contribution in [3.05, 3.63) is 29.8 Å². The van der Waals surface area contributed by atoms with Gasteiger partial charge in [0.25, 0.3) is 0 Å². The molecule has 1 atom stereocenters. The Kier molecular flexibility index (Phi) is 4.63. The van der Waals surface area contributed by atoms with Crippen LogP contribution in [0.25, 0.3) is 0 Å². The Morgan fingerprint density at radius 3 is 3.05 bits per heavy atom. The molecule has 5 nitrogen and oxygen atoms in total. The molecule has 104 valence electrons. The first-order valence-electron chi connectivity index (χ1n) is 6.65. The summed E-state index contributed by atoms with van der Waals surface area (Å²) >= 11 is 0. The maximum Gasteiger partial charge on any atom is 0.153 e. The Labute approximate surface area is 113 Å². The number of nitrogens with zero attached hydrogens (tertiary/aromatic N) is 2. The van der Waals surface area contributed by atoms with Crippen LogP contribution in [0.1, 0.15) is 24.8 Å². The number of para-hydroxylation sites is 1. The van der Waals surface area contributed by atoms with Crippen molar-refractivity contribution in [2.45, 2.75) is 19.3 Å². The van der Waals surface area contributed by atoms with E-state index in [1.54, 1.807) is 0 Å². The smallest absolute Gasteiger partial charge is 0.153 e. The Morgan fingerprint density at radius 2 is 2.32 bits per heavy atom. The molecule has 1 aromatic rings. The Morgan fingerprint density at radius 1 is 1.53 bits per heavy atom. The average molecular weight is 263 g/mol. The topological polar surface area (TPSA) is 71.1 Å². The lowest BCUT2D eigenvalue weighted by atomic mass is 10.0. The molecule has 19 heavy (non-hydrogen) atoms. The summed E-state index contributed by atoms with van der Waals surface area (Å²) in [5.41, 5.74) is 6.85. The molecule has 0 saturated heterocycles. The van der Waals surface area contributed by atoms with Crippen molar-refractivity contribution in [3.63, 3.8) is 0 Å². The molecule has 0 bridgehead atoms. The normalized spacial score (nSPS) is 18.4. The fourth-order valence-electron chi connectivity index (χ4n) is 2.50. The number of benzene rings is 1. The van der Waals surface area contributed by atoms with Gasteiger partial charge in [-0.25, -0.2) is 0 Å². The van der Waals surface area contributed by atoms with Crippen molar-refractivity contribution >= 4 is 5.84 Å². The van der Waals surface area contributed by atoms with Gasteiger partial charge in [0.15, 0.2) is 5.84 Å². The molecule has 3 N–H and O–H groups in total. The quantitative estimate of drug-likeness (QED) is 0.354. The molecule has 1 aromatic carbocycles. The van der Waals surface area contributed by atoms with Gasteiger partial charge < -0.3 is 15.7 Å². The summed E-state index contributed by atoms with van der Waals surface area (Å²) in [4.78, 5) is 2.20. The van der Waals surface area contributed by atoms with E-state index in [2.05, 4.69) is 23.0 Å². The zero-order valence-corrected chi connectivity index (χ0v) is 11.2. The predicted octanol–water partition coefficient (Wildman–Crippen LogP) is 1.62. The molecular weight excluding hydrogens is 242 g/mol. The SMILES string of the molecule is CCCN(CC(N)=NO)CC1COc2ccccc21. The van der Waals surface area contributed by atoms with Crippen LogP contribution in [0.3, 0.4) is 0 Å². The van der Waals surface area contributed by atoms with Crippen LogP contribution < -0.4 is 10.5 Å². The second-order valence-electron chi connectivity index (χ2n) is 4.87. The average Bonchev–Trinajstić information content (AvgIpc) is 2.82. The van der Waals surface area contributed by atoms with Crippen LogP contribution in [0.15, 0.2) is 29.4 Å². The molecule has 0 spiro atoms. The van der Waals surface area contributed by atoms with Crippen LogP contribution in [-0.2, 0) is 0 Å². The van der Waals surface area contributed by atoms with E-state index in [0.717, 1.165) is 25.3 Å². The fraction of sp³-hybridized carbons (Fsp3) is 0.500. The van der Waals surface area contributed by atoms with Gasteiger partial charge >= 0.3 is 0 Å². The number of fused-ring (bicyclic) bond motifs is 1. The summed E-state index contributed by atoms with van der Waals surface area (Å²) in [7, 11) is 0. The molecule has 5 heteroatoms. The zero-order chi connectivity index (χ0) is 13.7. The summed E-state index contributed by atoms with van der Waals surface area (Å²) in [5.74, 6) is 1.59. The summed E-state index contributed by atoms with van der Waals surface area (Å²) < 4.78 is 5.68. The molecule has 0 aromatic heterocycles. The molecular formula is C14H21N3O2. The first-order valence-corrected chi connectivity index (χ1v) is 6.65. The zero-order valence-electron chi connectivity index (χ0n) is 11.2. The number of amidine groups is 1. The van der Waals surface area contributed by atoms with Crippen LogP contribution in [-0.4, -0.2) is 42.2 Å². The predicted molar refractivity (Wildman–Crippen MR) is 74.8 cm³/mol. The summed E-state index contributed by atoms with van der Waals surface area (Å²) in [6.07, 6.45) is 1.04. The highest BCUT2D eigenvalue weighted by Gasteiger charge is 2.25. The van der Waals surface area contributed by atoms with Crippen molar-refractivity contribution in [2.75, 3.05) is 26.2 Å². The largest absolute Gasteiger partial charge is 0.493 e. The number of rotatable bonds is 6. The van der Waals surface area contributed by atoms with Gasteiger partial charge in [0.05, 0.1) is 13.2 Å². The van der Waals surface area contributed by atoms with Crippen LogP contribution >= 0.6 is 0 Å². The molecule has 0 saturated carbocycles. The monoisotopic (exact) mass is 263 g/mol. The highest BCUT2D eigenvalue weighted by molar-refractivity contribution is 5.81. The number of hydrogen-bond donors (Lipinski definition) is 2. The minimum Gasteiger partial charge on any atom is -0.493 e. The highest BCUT2D eigenvalue weighted by atomic mass is 16.5. The van der Waals surface area contributed by atoms with Gasteiger partial charge in [-0.2, -0.15) is 0 Å². The van der Waals surface area contributed by atoms with E-state index in [0.29, 0.717) is 19.1 Å². The maximum atomic E-state index is 8.68. The molecule has 0 radical (unpaired) electrons. The second-order valence-corrected chi connectivity index (χ2v) is 4.87. The van der Waals surface area contributed by atoms with Gasteiger partial charge in [-0.15, -0.1) is 0 Å². The molecule has 0 fully saturated rings. The summed E-state index contributed by atoms with van der Waals surface area (Å²) in [6.45, 7) is 5.10. The van der Waals surface area contributed by atoms with Crippen LogP contribution in [0.4, 0.5) is 0 Å². The fourth-order valence-corrected chi connectivity index (χ4v) is 2.50. The number of oxime groups is 1. The van der Waals surface area contributed by atoms with Gasteiger partial charge in [0.1, 0.15) is 5.75 Å². The van der Waals surface area contributed by atoms with E-state index in [1.807, 2.05) is 18.2 Å². The first kappa shape index (κ1) is 13.7. The summed E-state index contributed by atoms with van der Waals surface area (Å²) in [5, 5.41) is 11.7. The third-order valence-electron chi connectivity index (χ3n) is 3.33. The lowest BCUT2D eigenvalue weighted by Gasteiger charge is -2.23. The minimum atomic E-state index is 0.251. The van der Waals surface area contributed by atoms with Crippen molar-refractivity contribution in [1.29, 1.82) is 0 Å². The standard InChI is InChI=1S/C14H21N3O2/c1-2-7-17(9-14(15)16-18)8-11-10-19-13-6-4-3-5-12(11)13/h3-6,11,18H,2,7-10H2,1H3,(H2,15,16). The lowest BCUT2D eigenvalue weighted by Crippen LogP contribution is -2.37. The molecule has 0 aliphatic carbocycles. The van der Waals surface area contributed by atoms with E-state index >= 15 is 0 Å². The highest BCUT2D eigenvalue weighted by Crippen LogP contribution is 2.33. The second kappa shape index (κ2) is 6.43. The van der Waals surface area contributed by atoms with Crippen molar-refractivity contribution in [2.24, 2.45) is 10.9 Å². The Hall–Kier alpha value is -1.75. The van der Waals surface area contributed by atoms with Crippen molar-refractivity contribution in [3.8, 4) is 5.75 Å². The number of nitrogens with two attached hydrogens (primary N) is 1. The molecule has 1 unspecified atom stereocenters. The van der Waals surface area contributed by atoms with E-state index in [-0.39, 0.29) is 5.84 Å².